The van der Waals surface area contributed by atoms with E-state index in [-0.39, 0.29) is 17.6 Å². The summed E-state index contributed by atoms with van der Waals surface area (Å²) in [5.74, 6) is 1.22. The molecule has 0 spiro atoms. The predicted octanol–water partition coefficient (Wildman–Crippen LogP) is 2.12. The normalized spacial score (nSPS) is 35.1. The molecule has 2 amide bonds. The van der Waals surface area contributed by atoms with Crippen LogP contribution in [0.3, 0.4) is 0 Å². The van der Waals surface area contributed by atoms with Crippen LogP contribution in [0, 0.1) is 5.41 Å². The van der Waals surface area contributed by atoms with Crippen LogP contribution in [-0.4, -0.2) is 41.3 Å². The summed E-state index contributed by atoms with van der Waals surface area (Å²) in [6.07, 6.45) is 6.29. The average Bonchev–Trinajstić information content (AvgIpc) is 2.91. The van der Waals surface area contributed by atoms with Crippen molar-refractivity contribution < 1.29 is 9.90 Å². The highest BCUT2D eigenvalue weighted by Gasteiger charge is 2.35. The first-order chi connectivity index (χ1) is 9.10. The van der Waals surface area contributed by atoms with Gasteiger partial charge < -0.3 is 15.7 Å². The molecule has 0 bridgehead atoms. The predicted molar refractivity (Wildman–Crippen MR) is 79.5 cm³/mol. The Morgan fingerprint density at radius 2 is 2.16 bits per heavy atom. The number of rotatable bonds is 4. The molecule has 0 aromatic carbocycles. The highest BCUT2D eigenvalue weighted by atomic mass is 32.2. The Hall–Kier alpha value is -0.420. The van der Waals surface area contributed by atoms with E-state index in [1.807, 2.05) is 11.8 Å². The quantitative estimate of drug-likeness (QED) is 0.742. The second-order valence-corrected chi connectivity index (χ2v) is 7.52. The van der Waals surface area contributed by atoms with E-state index in [2.05, 4.69) is 17.6 Å². The lowest BCUT2D eigenvalue weighted by Gasteiger charge is -2.38. The maximum Gasteiger partial charge on any atom is 0.314 e. The molecule has 5 heteroatoms. The van der Waals surface area contributed by atoms with E-state index in [9.17, 15) is 9.90 Å². The van der Waals surface area contributed by atoms with Gasteiger partial charge >= 0.3 is 6.03 Å². The second kappa shape index (κ2) is 6.84. The van der Waals surface area contributed by atoms with Crippen LogP contribution < -0.4 is 10.6 Å². The maximum atomic E-state index is 11.8. The van der Waals surface area contributed by atoms with E-state index in [4.69, 9.17) is 0 Å². The lowest BCUT2D eigenvalue weighted by atomic mass is 9.73. The van der Waals surface area contributed by atoms with Crippen LogP contribution in [0.4, 0.5) is 4.79 Å². The smallest absolute Gasteiger partial charge is 0.314 e. The van der Waals surface area contributed by atoms with Gasteiger partial charge in [-0.2, -0.15) is 11.8 Å². The molecule has 2 fully saturated rings. The zero-order valence-electron chi connectivity index (χ0n) is 11.8. The maximum absolute atomic E-state index is 11.8. The van der Waals surface area contributed by atoms with Crippen molar-refractivity contribution in [1.29, 1.82) is 0 Å². The Kier molecular flexibility index (Phi) is 5.39. The summed E-state index contributed by atoms with van der Waals surface area (Å²) in [7, 11) is 0. The molecule has 2 rings (SSSR count). The molecule has 4 nitrogen and oxygen atoms in total. The molecule has 1 aliphatic carbocycles. The van der Waals surface area contributed by atoms with Crippen molar-refractivity contribution in [2.45, 2.75) is 56.8 Å². The fourth-order valence-corrected chi connectivity index (χ4v) is 4.15. The van der Waals surface area contributed by atoms with Crippen LogP contribution >= 0.6 is 11.8 Å². The van der Waals surface area contributed by atoms with E-state index in [0.29, 0.717) is 11.8 Å². The Morgan fingerprint density at radius 1 is 1.32 bits per heavy atom. The number of aliphatic hydroxyl groups excluding tert-OH is 1. The average molecular weight is 286 g/mol. The summed E-state index contributed by atoms with van der Waals surface area (Å²) in [5, 5.41) is 16.5. The van der Waals surface area contributed by atoms with E-state index < -0.39 is 0 Å². The summed E-state index contributed by atoms with van der Waals surface area (Å²) in [6, 6.07) is -0.0912. The molecular weight excluding hydrogens is 260 g/mol. The summed E-state index contributed by atoms with van der Waals surface area (Å²) in [5.41, 5.74) is -0.155. The first-order valence-electron chi connectivity index (χ1n) is 7.41. The van der Waals surface area contributed by atoms with Gasteiger partial charge in [0.2, 0.25) is 0 Å². The van der Waals surface area contributed by atoms with Gasteiger partial charge in [0.15, 0.2) is 0 Å². The van der Waals surface area contributed by atoms with Crippen molar-refractivity contribution in [3.05, 3.63) is 0 Å². The summed E-state index contributed by atoms with van der Waals surface area (Å²) in [4.78, 5) is 11.8. The van der Waals surface area contributed by atoms with Crippen LogP contribution in [0.25, 0.3) is 0 Å². The van der Waals surface area contributed by atoms with Crippen molar-refractivity contribution in [2.24, 2.45) is 5.41 Å². The van der Waals surface area contributed by atoms with Gasteiger partial charge in [0.25, 0.3) is 0 Å². The lowest BCUT2D eigenvalue weighted by Crippen LogP contribution is -2.48. The zero-order valence-corrected chi connectivity index (χ0v) is 12.6. The number of urea groups is 1. The molecule has 1 saturated carbocycles. The van der Waals surface area contributed by atoms with Gasteiger partial charge in [-0.1, -0.05) is 19.8 Å². The molecule has 2 aliphatic rings. The third-order valence-corrected chi connectivity index (χ3v) is 5.85. The third kappa shape index (κ3) is 4.28. The number of aliphatic hydroxyl groups is 1. The van der Waals surface area contributed by atoms with E-state index in [1.54, 1.807) is 0 Å². The molecule has 3 unspecified atom stereocenters. The summed E-state index contributed by atoms with van der Waals surface area (Å²) >= 11 is 1.95. The Bertz CT molecular complexity index is 308. The Morgan fingerprint density at radius 3 is 2.84 bits per heavy atom. The molecule has 3 atom stereocenters. The topological polar surface area (TPSA) is 61.4 Å². The zero-order chi connectivity index (χ0) is 13.7. The number of hydrogen-bond donors (Lipinski definition) is 3. The molecule has 110 valence electrons. The van der Waals surface area contributed by atoms with Crippen molar-refractivity contribution in [3.63, 3.8) is 0 Å². The van der Waals surface area contributed by atoms with Gasteiger partial charge in [-0.05, 0) is 31.4 Å². The molecule has 1 aliphatic heterocycles. The van der Waals surface area contributed by atoms with E-state index in [1.165, 1.54) is 18.6 Å². The molecule has 19 heavy (non-hydrogen) atoms. The fraction of sp³-hybridized carbons (Fsp3) is 0.929. The number of carbonyl (C=O) groups excluding carboxylic acids is 1. The minimum atomic E-state index is -0.285. The standard InChI is InChI=1S/C14H26N2O2S/c1-14(7-3-2-6-12(14)17)10-16-13(18)15-9-11-5-4-8-19-11/h11-12,17H,2-10H2,1H3,(H2,15,16,18). The fourth-order valence-electron chi connectivity index (χ4n) is 2.94. The molecular formula is C14H26N2O2S. The Labute approximate surface area is 120 Å². The highest BCUT2D eigenvalue weighted by Crippen LogP contribution is 2.35. The molecule has 3 N–H and O–H groups in total. The van der Waals surface area contributed by atoms with Crippen LogP contribution in [-0.2, 0) is 0 Å². The summed E-state index contributed by atoms with van der Waals surface area (Å²) in [6.45, 7) is 3.40. The van der Waals surface area contributed by atoms with Gasteiger partial charge in [0, 0.05) is 23.8 Å². The van der Waals surface area contributed by atoms with Gasteiger partial charge in [-0.15, -0.1) is 0 Å². The van der Waals surface area contributed by atoms with Crippen molar-refractivity contribution in [3.8, 4) is 0 Å². The largest absolute Gasteiger partial charge is 0.392 e. The summed E-state index contributed by atoms with van der Waals surface area (Å²) < 4.78 is 0. The molecule has 0 aromatic heterocycles. The number of amides is 2. The molecule has 0 radical (unpaired) electrons. The number of nitrogens with one attached hydrogen (secondary N) is 2. The number of carbonyl (C=O) groups is 1. The van der Waals surface area contributed by atoms with Gasteiger partial charge in [-0.3, -0.25) is 0 Å². The first-order valence-corrected chi connectivity index (χ1v) is 8.46. The highest BCUT2D eigenvalue weighted by molar-refractivity contribution is 8.00. The lowest BCUT2D eigenvalue weighted by molar-refractivity contribution is 0.00310. The van der Waals surface area contributed by atoms with Crippen LogP contribution in [0.1, 0.15) is 45.4 Å². The third-order valence-electron chi connectivity index (χ3n) is 4.45. The van der Waals surface area contributed by atoms with Crippen molar-refractivity contribution in [1.82, 2.24) is 10.6 Å². The first kappa shape index (κ1) is 15.0. The van der Waals surface area contributed by atoms with Gasteiger partial charge in [0.1, 0.15) is 0 Å². The molecule has 0 aromatic rings. The number of thioether (sulfide) groups is 1. The van der Waals surface area contributed by atoms with Crippen LogP contribution in [0.15, 0.2) is 0 Å². The van der Waals surface area contributed by atoms with Gasteiger partial charge in [0.05, 0.1) is 6.10 Å². The molecule has 1 saturated heterocycles. The van der Waals surface area contributed by atoms with Crippen molar-refractivity contribution >= 4 is 17.8 Å². The minimum Gasteiger partial charge on any atom is -0.392 e. The van der Waals surface area contributed by atoms with Crippen LogP contribution in [0.2, 0.25) is 0 Å². The van der Waals surface area contributed by atoms with E-state index >= 15 is 0 Å². The van der Waals surface area contributed by atoms with Crippen molar-refractivity contribution in [2.75, 3.05) is 18.8 Å². The monoisotopic (exact) mass is 286 g/mol. The number of hydrogen-bond acceptors (Lipinski definition) is 3. The molecule has 1 heterocycles. The second-order valence-electron chi connectivity index (χ2n) is 6.11. The van der Waals surface area contributed by atoms with E-state index in [0.717, 1.165) is 32.2 Å². The SMILES string of the molecule is CC1(CNC(=O)NCC2CCCS2)CCCCC1O. The Balaban J connectivity index is 1.67. The van der Waals surface area contributed by atoms with Gasteiger partial charge in [-0.25, -0.2) is 4.79 Å². The minimum absolute atomic E-state index is 0.0912. The van der Waals surface area contributed by atoms with Crippen LogP contribution in [0.5, 0.6) is 0 Å².